The number of hydrogen-bond donors (Lipinski definition) is 1. The molecule has 0 unspecified atom stereocenters. The van der Waals surface area contributed by atoms with E-state index in [9.17, 15) is 0 Å². The van der Waals surface area contributed by atoms with Crippen LogP contribution in [0.25, 0.3) is 0 Å². The van der Waals surface area contributed by atoms with Crippen LogP contribution in [0.5, 0.6) is 11.5 Å². The van der Waals surface area contributed by atoms with Crippen molar-refractivity contribution in [3.05, 3.63) is 22.2 Å². The van der Waals surface area contributed by atoms with Gasteiger partial charge in [-0.25, -0.2) is 0 Å². The minimum atomic E-state index is 0. The Kier molecular flexibility index (Phi) is 6.81. The lowest BCUT2D eigenvalue weighted by Crippen LogP contribution is -2.34. The molecule has 2 heterocycles. The number of hydrogen-bond acceptors (Lipinski definition) is 4. The Labute approximate surface area is 147 Å². The average Bonchev–Trinajstić information content (AvgIpc) is 2.95. The van der Waals surface area contributed by atoms with Gasteiger partial charge in [0.1, 0.15) is 0 Å². The van der Waals surface area contributed by atoms with Gasteiger partial charge in [0.05, 0.1) is 4.47 Å². The van der Waals surface area contributed by atoms with Crippen molar-refractivity contribution in [3.63, 3.8) is 0 Å². The van der Waals surface area contributed by atoms with Gasteiger partial charge in [-0.15, -0.1) is 12.4 Å². The van der Waals surface area contributed by atoms with Gasteiger partial charge in [0, 0.05) is 6.54 Å². The molecular weight excluding hydrogens is 368 g/mol. The number of rotatable bonds is 5. The molecule has 1 aromatic rings. The van der Waals surface area contributed by atoms with Gasteiger partial charge in [-0.1, -0.05) is 0 Å². The van der Waals surface area contributed by atoms with Crippen LogP contribution < -0.4 is 14.8 Å². The first-order valence-corrected chi connectivity index (χ1v) is 8.50. The fourth-order valence-electron chi connectivity index (χ4n) is 3.15. The molecule has 1 saturated heterocycles. The molecular formula is C16H24BrClN2O2. The molecule has 1 aromatic carbocycles. The molecule has 0 aromatic heterocycles. The van der Waals surface area contributed by atoms with Crippen molar-refractivity contribution >= 4 is 28.3 Å². The zero-order valence-electron chi connectivity index (χ0n) is 12.9. The average molecular weight is 392 g/mol. The fourth-order valence-corrected chi connectivity index (χ4v) is 3.76. The van der Waals surface area contributed by atoms with Crippen molar-refractivity contribution in [2.24, 2.45) is 5.92 Å². The van der Waals surface area contributed by atoms with Gasteiger partial charge >= 0.3 is 0 Å². The maximum absolute atomic E-state index is 5.49. The first-order chi connectivity index (χ1) is 10.3. The normalized spacial score (nSPS) is 18.3. The molecule has 3 rings (SSSR count). The molecule has 6 heteroatoms. The maximum Gasteiger partial charge on any atom is 0.231 e. The van der Waals surface area contributed by atoms with E-state index in [0.717, 1.165) is 35.0 Å². The van der Waals surface area contributed by atoms with Gasteiger partial charge in [-0.05, 0) is 85.5 Å². The Bertz CT molecular complexity index is 493. The summed E-state index contributed by atoms with van der Waals surface area (Å²) in [6.07, 6.45) is 3.93. The third kappa shape index (κ3) is 4.28. The number of fused-ring (bicyclic) bond motifs is 1. The molecule has 2 aliphatic rings. The topological polar surface area (TPSA) is 33.7 Å². The Morgan fingerprint density at radius 3 is 2.77 bits per heavy atom. The third-order valence-electron chi connectivity index (χ3n) is 4.40. The molecule has 4 nitrogen and oxygen atoms in total. The second kappa shape index (κ2) is 8.39. The summed E-state index contributed by atoms with van der Waals surface area (Å²) in [6.45, 7) is 4.85. The predicted octanol–water partition coefficient (Wildman–Crippen LogP) is 3.42. The van der Waals surface area contributed by atoms with Crippen molar-refractivity contribution in [1.29, 1.82) is 0 Å². The molecule has 0 amide bonds. The number of nitrogens with one attached hydrogen (secondary N) is 1. The molecule has 124 valence electrons. The Balaban J connectivity index is 0.00000176. The van der Waals surface area contributed by atoms with Crippen LogP contribution in [0.4, 0.5) is 0 Å². The molecule has 1 N–H and O–H groups in total. The highest BCUT2D eigenvalue weighted by Crippen LogP contribution is 2.40. The van der Waals surface area contributed by atoms with Crippen molar-refractivity contribution < 1.29 is 9.47 Å². The van der Waals surface area contributed by atoms with E-state index < -0.39 is 0 Å². The van der Waals surface area contributed by atoms with E-state index >= 15 is 0 Å². The molecule has 0 radical (unpaired) electrons. The number of piperidine rings is 1. The summed E-state index contributed by atoms with van der Waals surface area (Å²) >= 11 is 3.57. The summed E-state index contributed by atoms with van der Waals surface area (Å²) in [5.41, 5.74) is 1.29. The van der Waals surface area contributed by atoms with E-state index in [0.29, 0.717) is 6.79 Å². The Morgan fingerprint density at radius 2 is 2.05 bits per heavy atom. The smallest absolute Gasteiger partial charge is 0.231 e. The summed E-state index contributed by atoms with van der Waals surface area (Å²) in [6, 6.07) is 4.26. The van der Waals surface area contributed by atoms with Crippen molar-refractivity contribution in [2.75, 3.05) is 33.5 Å². The van der Waals surface area contributed by atoms with Crippen LogP contribution in [-0.4, -0.2) is 38.4 Å². The molecule has 1 fully saturated rings. The maximum atomic E-state index is 5.49. The molecule has 2 aliphatic heterocycles. The van der Waals surface area contributed by atoms with Crippen LogP contribution in [-0.2, 0) is 6.54 Å². The molecule has 0 atom stereocenters. The van der Waals surface area contributed by atoms with Crippen LogP contribution in [0.3, 0.4) is 0 Å². The quantitative estimate of drug-likeness (QED) is 0.834. The highest BCUT2D eigenvalue weighted by Gasteiger charge is 2.21. The van der Waals surface area contributed by atoms with Crippen molar-refractivity contribution in [1.82, 2.24) is 10.2 Å². The minimum absolute atomic E-state index is 0. The second-order valence-corrected chi connectivity index (χ2v) is 6.78. The van der Waals surface area contributed by atoms with E-state index in [4.69, 9.17) is 9.47 Å². The molecule has 0 spiro atoms. The molecule has 0 saturated carbocycles. The van der Waals surface area contributed by atoms with Crippen LogP contribution in [0, 0.1) is 5.92 Å². The summed E-state index contributed by atoms with van der Waals surface area (Å²) < 4.78 is 11.9. The van der Waals surface area contributed by atoms with Crippen LogP contribution in [0.2, 0.25) is 0 Å². The van der Waals surface area contributed by atoms with E-state index in [1.165, 1.54) is 37.9 Å². The lowest BCUT2D eigenvalue weighted by Gasteiger charge is -2.32. The first-order valence-electron chi connectivity index (χ1n) is 7.71. The number of ether oxygens (including phenoxy) is 2. The van der Waals surface area contributed by atoms with E-state index in [2.05, 4.69) is 38.3 Å². The highest BCUT2D eigenvalue weighted by atomic mass is 79.9. The van der Waals surface area contributed by atoms with Crippen molar-refractivity contribution in [3.8, 4) is 11.5 Å². The van der Waals surface area contributed by atoms with E-state index in [1.54, 1.807) is 0 Å². The number of halogens is 2. The lowest BCUT2D eigenvalue weighted by molar-refractivity contribution is 0.170. The Morgan fingerprint density at radius 1 is 1.27 bits per heavy atom. The van der Waals surface area contributed by atoms with Crippen LogP contribution in [0.15, 0.2) is 16.6 Å². The molecule has 0 bridgehead atoms. The summed E-state index contributed by atoms with van der Waals surface area (Å²) in [4.78, 5) is 2.54. The van der Waals surface area contributed by atoms with Gasteiger partial charge in [-0.2, -0.15) is 0 Å². The zero-order valence-corrected chi connectivity index (χ0v) is 15.3. The third-order valence-corrected chi connectivity index (χ3v) is 4.99. The predicted molar refractivity (Wildman–Crippen MR) is 94.1 cm³/mol. The number of benzene rings is 1. The second-order valence-electron chi connectivity index (χ2n) is 5.92. The SMILES string of the molecule is CNCCC1CCN(Cc2cc(Br)c3c(c2)OCO3)CC1.Cl. The van der Waals surface area contributed by atoms with Crippen LogP contribution >= 0.6 is 28.3 Å². The van der Waals surface area contributed by atoms with E-state index in [-0.39, 0.29) is 12.4 Å². The van der Waals surface area contributed by atoms with Gasteiger partial charge in [0.15, 0.2) is 11.5 Å². The number of likely N-dealkylation sites (tertiary alicyclic amines) is 1. The summed E-state index contributed by atoms with van der Waals surface area (Å²) in [5.74, 6) is 2.59. The van der Waals surface area contributed by atoms with Gasteiger partial charge < -0.3 is 14.8 Å². The zero-order chi connectivity index (χ0) is 14.7. The summed E-state index contributed by atoms with van der Waals surface area (Å²) in [5, 5.41) is 3.25. The minimum Gasteiger partial charge on any atom is -0.454 e. The van der Waals surface area contributed by atoms with Gasteiger partial charge in [0.2, 0.25) is 6.79 Å². The number of nitrogens with zero attached hydrogens (tertiary/aromatic N) is 1. The first kappa shape index (κ1) is 17.9. The monoisotopic (exact) mass is 390 g/mol. The van der Waals surface area contributed by atoms with Gasteiger partial charge in [0.25, 0.3) is 0 Å². The largest absolute Gasteiger partial charge is 0.454 e. The highest BCUT2D eigenvalue weighted by molar-refractivity contribution is 9.10. The fraction of sp³-hybridized carbons (Fsp3) is 0.625. The summed E-state index contributed by atoms with van der Waals surface area (Å²) in [7, 11) is 2.03. The van der Waals surface area contributed by atoms with E-state index in [1.807, 2.05) is 7.05 Å². The van der Waals surface area contributed by atoms with Gasteiger partial charge in [-0.3, -0.25) is 4.90 Å². The molecule has 22 heavy (non-hydrogen) atoms. The van der Waals surface area contributed by atoms with Crippen molar-refractivity contribution in [2.45, 2.75) is 25.8 Å². The standard InChI is InChI=1S/C16H23BrN2O2.ClH/c1-18-5-2-12-3-6-19(7-4-12)10-13-8-14(17)16-15(9-13)20-11-21-16;/h8-9,12,18H,2-7,10-11H2,1H3;1H. The molecule has 0 aliphatic carbocycles. The lowest BCUT2D eigenvalue weighted by atomic mass is 9.93. The Hall–Kier alpha value is -0.490. The van der Waals surface area contributed by atoms with Crippen LogP contribution in [0.1, 0.15) is 24.8 Å².